The molecular weight excluding hydrogens is 459 g/mol. The number of hydrogen-bond donors (Lipinski definition) is 3. The molecule has 9 nitrogen and oxygen atoms in total. The Morgan fingerprint density at radius 1 is 1.03 bits per heavy atom. The van der Waals surface area contributed by atoms with Crippen LogP contribution >= 0.6 is 0 Å². The van der Waals surface area contributed by atoms with Crippen molar-refractivity contribution in [2.75, 3.05) is 13.7 Å². The first-order valence-electron chi connectivity index (χ1n) is 10.6. The van der Waals surface area contributed by atoms with Crippen molar-refractivity contribution < 1.29 is 38.1 Å². The third kappa shape index (κ3) is 8.94. The molecule has 35 heavy (non-hydrogen) atoms. The normalized spacial score (nSPS) is 11.1. The summed E-state index contributed by atoms with van der Waals surface area (Å²) in [5.74, 6) is -3.21. The Hall–Kier alpha value is -4.18. The Morgan fingerprint density at radius 2 is 1.71 bits per heavy atom. The molecule has 1 unspecified atom stereocenters. The number of rotatable bonds is 9. The fourth-order valence-corrected chi connectivity index (χ4v) is 3.05. The van der Waals surface area contributed by atoms with Crippen LogP contribution in [0.3, 0.4) is 0 Å². The molecule has 0 aliphatic rings. The predicted octanol–water partition coefficient (Wildman–Crippen LogP) is 3.46. The highest BCUT2D eigenvalue weighted by Gasteiger charge is 2.18. The van der Waals surface area contributed by atoms with Crippen LogP contribution in [-0.4, -0.2) is 46.6 Å². The van der Waals surface area contributed by atoms with E-state index in [1.807, 2.05) is 43.3 Å². The van der Waals surface area contributed by atoms with Crippen molar-refractivity contribution >= 4 is 17.8 Å². The number of carboxylic acids is 2. The number of carboxylic acid groups (broad SMARTS) is 2. The zero-order valence-electron chi connectivity index (χ0n) is 19.3. The fourth-order valence-electron chi connectivity index (χ4n) is 3.05. The molecule has 3 aromatic rings. The first kappa shape index (κ1) is 27.1. The van der Waals surface area contributed by atoms with E-state index in [4.69, 9.17) is 29.0 Å². The fraction of sp³-hybridized carbons (Fsp3) is 0.240. The third-order valence-corrected chi connectivity index (χ3v) is 4.91. The topological polar surface area (TPSA) is 129 Å². The highest BCUT2D eigenvalue weighted by Crippen LogP contribution is 2.21. The van der Waals surface area contributed by atoms with E-state index >= 15 is 0 Å². The Morgan fingerprint density at radius 3 is 2.26 bits per heavy atom. The van der Waals surface area contributed by atoms with Gasteiger partial charge in [0.1, 0.15) is 5.76 Å². The van der Waals surface area contributed by atoms with Crippen molar-refractivity contribution in [1.82, 2.24) is 10.2 Å². The van der Waals surface area contributed by atoms with Crippen molar-refractivity contribution in [3.8, 4) is 5.75 Å². The number of benzene rings is 2. The highest BCUT2D eigenvalue weighted by atomic mass is 19.1. The minimum Gasteiger partial charge on any atom is -0.494 e. The maximum Gasteiger partial charge on any atom is 0.414 e. The van der Waals surface area contributed by atoms with Gasteiger partial charge in [-0.2, -0.15) is 0 Å². The molecule has 0 bridgehead atoms. The van der Waals surface area contributed by atoms with Gasteiger partial charge in [0.25, 0.3) is 0 Å². The monoisotopic (exact) mass is 486 g/mol. The highest BCUT2D eigenvalue weighted by molar-refractivity contribution is 6.27. The van der Waals surface area contributed by atoms with E-state index in [1.165, 1.54) is 13.2 Å². The maximum atomic E-state index is 14.0. The van der Waals surface area contributed by atoms with Crippen molar-refractivity contribution in [1.29, 1.82) is 0 Å². The van der Waals surface area contributed by atoms with Gasteiger partial charge in [-0.3, -0.25) is 4.79 Å². The van der Waals surface area contributed by atoms with Crippen molar-refractivity contribution in [3.63, 3.8) is 0 Å². The second kappa shape index (κ2) is 13.5. The van der Waals surface area contributed by atoms with E-state index in [0.29, 0.717) is 13.1 Å². The number of hydrogen-bond acceptors (Lipinski definition) is 6. The lowest BCUT2D eigenvalue weighted by Gasteiger charge is -2.23. The third-order valence-electron chi connectivity index (χ3n) is 4.91. The van der Waals surface area contributed by atoms with Gasteiger partial charge in [0.15, 0.2) is 11.6 Å². The van der Waals surface area contributed by atoms with Gasteiger partial charge in [-0.05, 0) is 42.3 Å². The molecule has 0 aliphatic carbocycles. The van der Waals surface area contributed by atoms with E-state index in [0.717, 1.165) is 16.9 Å². The Balaban J connectivity index is 0.000000641. The summed E-state index contributed by atoms with van der Waals surface area (Å²) in [6.07, 6.45) is 1.60. The molecule has 0 aliphatic heterocycles. The first-order chi connectivity index (χ1) is 16.7. The van der Waals surface area contributed by atoms with Gasteiger partial charge >= 0.3 is 11.9 Å². The second-order valence-electron chi connectivity index (χ2n) is 7.42. The molecule has 1 atom stereocenters. The Labute approximate surface area is 201 Å². The van der Waals surface area contributed by atoms with Crippen molar-refractivity contribution in [3.05, 3.63) is 89.6 Å². The molecule has 3 rings (SSSR count). The van der Waals surface area contributed by atoms with Crippen LogP contribution < -0.4 is 10.1 Å². The number of carbonyl (C=O) groups is 3. The van der Waals surface area contributed by atoms with Crippen LogP contribution in [0.15, 0.2) is 71.3 Å². The van der Waals surface area contributed by atoms with Gasteiger partial charge in [-0.1, -0.05) is 36.4 Å². The quantitative estimate of drug-likeness (QED) is 0.392. The average molecular weight is 486 g/mol. The molecule has 0 radical (unpaired) electrons. The van der Waals surface area contributed by atoms with Crippen LogP contribution in [-0.2, 0) is 27.5 Å². The number of halogens is 1. The number of ether oxygens (including phenoxy) is 1. The molecule has 0 saturated carbocycles. The number of nitrogens with zero attached hydrogens (tertiary/aromatic N) is 1. The Kier molecular flexibility index (Phi) is 10.4. The van der Waals surface area contributed by atoms with E-state index in [-0.39, 0.29) is 24.2 Å². The van der Waals surface area contributed by atoms with Crippen LogP contribution in [0.2, 0.25) is 0 Å². The molecular formula is C25H27FN2O7. The molecule has 0 spiro atoms. The molecule has 1 amide bonds. The van der Waals surface area contributed by atoms with Crippen LogP contribution in [0.25, 0.3) is 0 Å². The smallest absolute Gasteiger partial charge is 0.414 e. The average Bonchev–Trinajstić information content (AvgIpc) is 3.36. The molecule has 2 aromatic carbocycles. The van der Waals surface area contributed by atoms with E-state index in [2.05, 4.69) is 5.32 Å². The molecule has 0 fully saturated rings. The van der Waals surface area contributed by atoms with Gasteiger partial charge in [0, 0.05) is 12.6 Å². The van der Waals surface area contributed by atoms with Gasteiger partial charge in [-0.15, -0.1) is 0 Å². The van der Waals surface area contributed by atoms with Crippen LogP contribution in [0.4, 0.5) is 4.39 Å². The zero-order valence-corrected chi connectivity index (χ0v) is 19.3. The predicted molar refractivity (Wildman–Crippen MR) is 124 cm³/mol. The molecule has 186 valence electrons. The number of nitrogens with one attached hydrogen (secondary N) is 1. The summed E-state index contributed by atoms with van der Waals surface area (Å²) < 4.78 is 24.3. The summed E-state index contributed by atoms with van der Waals surface area (Å²) in [6.45, 7) is 2.88. The van der Waals surface area contributed by atoms with E-state index in [1.54, 1.807) is 29.4 Å². The van der Waals surface area contributed by atoms with E-state index in [9.17, 15) is 9.18 Å². The molecule has 1 aromatic heterocycles. The summed E-state index contributed by atoms with van der Waals surface area (Å²) >= 11 is 0. The van der Waals surface area contributed by atoms with Gasteiger partial charge < -0.3 is 29.6 Å². The molecule has 1 heterocycles. The second-order valence-corrected chi connectivity index (χ2v) is 7.42. The molecule has 10 heteroatoms. The number of methoxy groups -OCH3 is 1. The number of furan rings is 1. The van der Waals surface area contributed by atoms with Crippen LogP contribution in [0.1, 0.15) is 29.9 Å². The SMILES string of the molecule is COc1ccc(C(C)NCC(=O)N(Cc2ccccc2)Cc2ccco2)cc1F.O=C(O)C(=O)O. The summed E-state index contributed by atoms with van der Waals surface area (Å²) in [7, 11) is 1.43. The first-order valence-corrected chi connectivity index (χ1v) is 10.6. The largest absolute Gasteiger partial charge is 0.494 e. The van der Waals surface area contributed by atoms with Crippen LogP contribution in [0, 0.1) is 5.82 Å². The van der Waals surface area contributed by atoms with Crippen molar-refractivity contribution in [2.45, 2.75) is 26.1 Å². The minimum atomic E-state index is -1.82. The Bertz CT molecular complexity index is 1090. The van der Waals surface area contributed by atoms with Gasteiger partial charge in [0.05, 0.1) is 26.5 Å². The lowest BCUT2D eigenvalue weighted by atomic mass is 10.1. The lowest BCUT2D eigenvalue weighted by molar-refractivity contribution is -0.159. The minimum absolute atomic E-state index is 0.0638. The van der Waals surface area contributed by atoms with Gasteiger partial charge in [-0.25, -0.2) is 14.0 Å². The summed E-state index contributed by atoms with van der Waals surface area (Å²) in [4.78, 5) is 32.8. The standard InChI is InChI=1S/C23H25FN2O3.C2H2O4/c1-17(19-10-11-22(28-2)21(24)13-19)25-14-23(27)26(16-20-9-6-12-29-20)15-18-7-4-3-5-8-18;3-1(4)2(5)6/h3-13,17,25H,14-16H2,1-2H3;(H,3,4)(H,5,6). The maximum absolute atomic E-state index is 14.0. The summed E-state index contributed by atoms with van der Waals surface area (Å²) in [6, 6.07) is 18.1. The summed E-state index contributed by atoms with van der Waals surface area (Å²) in [5.41, 5.74) is 1.79. The number of aliphatic carboxylic acids is 2. The number of carbonyl (C=O) groups excluding carboxylic acids is 1. The van der Waals surface area contributed by atoms with Crippen LogP contribution in [0.5, 0.6) is 5.75 Å². The molecule has 3 N–H and O–H groups in total. The summed E-state index contributed by atoms with van der Waals surface area (Å²) in [5, 5.41) is 18.0. The van der Waals surface area contributed by atoms with Gasteiger partial charge in [0.2, 0.25) is 5.91 Å². The lowest BCUT2D eigenvalue weighted by Crippen LogP contribution is -2.38. The number of amides is 1. The van der Waals surface area contributed by atoms with Crippen molar-refractivity contribution in [2.24, 2.45) is 0 Å². The zero-order chi connectivity index (χ0) is 25.8. The molecule has 0 saturated heterocycles. The van der Waals surface area contributed by atoms with E-state index < -0.39 is 17.8 Å².